The number of aromatic nitrogens is 2. The Morgan fingerprint density at radius 2 is 1.97 bits per heavy atom. The number of nitrogens with one attached hydrogen (secondary N) is 2. The molecule has 7 heteroatoms. The van der Waals surface area contributed by atoms with Crippen LogP contribution in [0.1, 0.15) is 53.8 Å². The van der Waals surface area contributed by atoms with Crippen molar-refractivity contribution in [3.05, 3.63) is 52.2 Å². The summed E-state index contributed by atoms with van der Waals surface area (Å²) in [6, 6.07) is 9.83. The van der Waals surface area contributed by atoms with Crippen LogP contribution in [0.5, 0.6) is 0 Å². The molecule has 0 unspecified atom stereocenters. The van der Waals surface area contributed by atoms with Crippen molar-refractivity contribution in [2.45, 2.75) is 53.2 Å². The van der Waals surface area contributed by atoms with E-state index in [9.17, 15) is 4.79 Å². The maximum Gasteiger partial charge on any atom is 0.251 e. The molecule has 1 amide bonds. The van der Waals surface area contributed by atoms with Crippen LogP contribution in [0.2, 0.25) is 0 Å². The number of hydrogen-bond acceptors (Lipinski definition) is 6. The zero-order valence-electron chi connectivity index (χ0n) is 18.1. The highest BCUT2D eigenvalue weighted by molar-refractivity contribution is 7.18. The van der Waals surface area contributed by atoms with Crippen LogP contribution in [-0.2, 0) is 17.7 Å². The highest BCUT2D eigenvalue weighted by Crippen LogP contribution is 2.29. The molecule has 0 bridgehead atoms. The molecule has 0 aliphatic heterocycles. The van der Waals surface area contributed by atoms with Gasteiger partial charge in [-0.25, -0.2) is 9.97 Å². The van der Waals surface area contributed by atoms with Crippen LogP contribution in [-0.4, -0.2) is 35.1 Å². The minimum absolute atomic E-state index is 0.0578. The summed E-state index contributed by atoms with van der Waals surface area (Å²) in [6.07, 6.45) is 2.02. The van der Waals surface area contributed by atoms with Gasteiger partial charge in [0.25, 0.3) is 5.91 Å². The maximum absolute atomic E-state index is 12.3. The first kappa shape index (κ1) is 22.2. The van der Waals surface area contributed by atoms with E-state index >= 15 is 0 Å². The van der Waals surface area contributed by atoms with E-state index < -0.39 is 0 Å². The van der Waals surface area contributed by atoms with Crippen LogP contribution in [0.15, 0.2) is 30.3 Å². The quantitative estimate of drug-likeness (QED) is 0.459. The number of carbonyl (C=O) groups excluding carboxylic acids is 1. The number of fused-ring (bicyclic) bond motifs is 1. The summed E-state index contributed by atoms with van der Waals surface area (Å²) in [4.78, 5) is 23.7. The number of hydrogen-bond donors (Lipinski definition) is 2. The third kappa shape index (κ3) is 6.00. The molecule has 0 aliphatic carbocycles. The molecular weight excluding hydrogens is 396 g/mol. The topological polar surface area (TPSA) is 76.1 Å². The number of rotatable bonds is 10. The van der Waals surface area contributed by atoms with E-state index in [0.29, 0.717) is 25.3 Å². The van der Waals surface area contributed by atoms with Crippen molar-refractivity contribution in [2.24, 2.45) is 0 Å². The summed E-state index contributed by atoms with van der Waals surface area (Å²) in [5, 5.41) is 7.43. The van der Waals surface area contributed by atoms with Gasteiger partial charge in [0.15, 0.2) is 0 Å². The molecule has 6 nitrogen and oxygen atoms in total. The van der Waals surface area contributed by atoms with Gasteiger partial charge < -0.3 is 15.4 Å². The lowest BCUT2D eigenvalue weighted by Gasteiger charge is -2.10. The number of benzene rings is 1. The second kappa shape index (κ2) is 10.5. The van der Waals surface area contributed by atoms with Gasteiger partial charge in [-0.15, -0.1) is 11.3 Å². The predicted octanol–water partition coefficient (Wildman–Crippen LogP) is 4.72. The number of anilines is 1. The van der Waals surface area contributed by atoms with Crippen LogP contribution < -0.4 is 10.6 Å². The van der Waals surface area contributed by atoms with Crippen LogP contribution >= 0.6 is 11.3 Å². The number of amides is 1. The zero-order chi connectivity index (χ0) is 21.5. The smallest absolute Gasteiger partial charge is 0.251 e. The van der Waals surface area contributed by atoms with E-state index in [1.165, 1.54) is 4.88 Å². The molecule has 2 heterocycles. The largest absolute Gasteiger partial charge is 0.379 e. The summed E-state index contributed by atoms with van der Waals surface area (Å²) in [5.41, 5.74) is 1.75. The molecule has 3 rings (SSSR count). The summed E-state index contributed by atoms with van der Waals surface area (Å²) in [5.74, 6) is 1.57. The Morgan fingerprint density at radius 3 is 2.67 bits per heavy atom. The van der Waals surface area contributed by atoms with Gasteiger partial charge in [0, 0.05) is 30.1 Å². The summed E-state index contributed by atoms with van der Waals surface area (Å²) < 4.78 is 5.48. The van der Waals surface area contributed by atoms with Crippen molar-refractivity contribution in [3.8, 4) is 0 Å². The molecule has 0 saturated carbocycles. The van der Waals surface area contributed by atoms with Gasteiger partial charge in [-0.2, -0.15) is 0 Å². The van der Waals surface area contributed by atoms with Gasteiger partial charge in [-0.1, -0.05) is 19.1 Å². The standard InChI is InChI=1S/C23H30N4O2S/c1-5-19-13-20-21(26-16(4)27-23(20)30-19)25-14-17-7-9-18(10-8-17)22(28)24-11-6-12-29-15(2)3/h7-10,13,15H,5-6,11-12,14H2,1-4H3,(H,24,28)(H,25,26,27). The molecular formula is C23H30N4O2S. The fraction of sp³-hybridized carbons (Fsp3) is 0.435. The molecule has 0 aliphatic rings. The van der Waals surface area contributed by atoms with Gasteiger partial charge >= 0.3 is 0 Å². The third-order valence-electron chi connectivity index (χ3n) is 4.64. The first-order chi connectivity index (χ1) is 14.5. The molecule has 0 radical (unpaired) electrons. The average Bonchev–Trinajstić information content (AvgIpc) is 3.15. The molecule has 0 spiro atoms. The van der Waals surface area contributed by atoms with Crippen molar-refractivity contribution in [1.82, 2.24) is 15.3 Å². The SMILES string of the molecule is CCc1cc2c(NCc3ccc(C(=O)NCCCOC(C)C)cc3)nc(C)nc2s1. The molecule has 0 saturated heterocycles. The van der Waals surface area contributed by atoms with Crippen molar-refractivity contribution in [3.63, 3.8) is 0 Å². The lowest BCUT2D eigenvalue weighted by molar-refractivity contribution is 0.0757. The highest BCUT2D eigenvalue weighted by Gasteiger charge is 2.10. The van der Waals surface area contributed by atoms with Gasteiger partial charge in [0.05, 0.1) is 11.5 Å². The van der Waals surface area contributed by atoms with E-state index in [1.54, 1.807) is 11.3 Å². The molecule has 1 aromatic carbocycles. The van der Waals surface area contributed by atoms with Crippen molar-refractivity contribution >= 4 is 33.3 Å². The van der Waals surface area contributed by atoms with E-state index in [-0.39, 0.29) is 12.0 Å². The second-order valence-electron chi connectivity index (χ2n) is 7.48. The first-order valence-electron chi connectivity index (χ1n) is 10.5. The van der Waals surface area contributed by atoms with Crippen molar-refractivity contribution < 1.29 is 9.53 Å². The molecule has 0 fully saturated rings. The summed E-state index contributed by atoms with van der Waals surface area (Å²) in [6.45, 7) is 9.98. The fourth-order valence-corrected chi connectivity index (χ4v) is 4.05. The zero-order valence-corrected chi connectivity index (χ0v) is 18.9. The fourth-order valence-electron chi connectivity index (χ4n) is 3.04. The van der Waals surface area contributed by atoms with E-state index in [2.05, 4.69) is 33.6 Å². The highest BCUT2D eigenvalue weighted by atomic mass is 32.1. The summed E-state index contributed by atoms with van der Waals surface area (Å²) >= 11 is 1.72. The van der Waals surface area contributed by atoms with Crippen LogP contribution in [0.25, 0.3) is 10.2 Å². The lowest BCUT2D eigenvalue weighted by Crippen LogP contribution is -2.25. The normalized spacial score (nSPS) is 11.2. The number of nitrogens with zero attached hydrogens (tertiary/aromatic N) is 2. The number of carbonyl (C=O) groups is 1. The minimum Gasteiger partial charge on any atom is -0.379 e. The average molecular weight is 427 g/mol. The van der Waals surface area contributed by atoms with Crippen LogP contribution in [0.3, 0.4) is 0 Å². The minimum atomic E-state index is -0.0578. The Labute approximate surface area is 182 Å². The monoisotopic (exact) mass is 426 g/mol. The van der Waals surface area contributed by atoms with Gasteiger partial charge in [0.2, 0.25) is 0 Å². The number of aryl methyl sites for hydroxylation is 2. The van der Waals surface area contributed by atoms with Gasteiger partial charge in [-0.05, 0) is 57.4 Å². The predicted molar refractivity (Wildman–Crippen MR) is 123 cm³/mol. The Balaban J connectivity index is 1.55. The number of ether oxygens (including phenoxy) is 1. The number of thiophene rings is 1. The third-order valence-corrected chi connectivity index (χ3v) is 5.81. The summed E-state index contributed by atoms with van der Waals surface area (Å²) in [7, 11) is 0. The Morgan fingerprint density at radius 1 is 1.20 bits per heavy atom. The van der Waals surface area contributed by atoms with Crippen LogP contribution in [0.4, 0.5) is 5.82 Å². The Kier molecular flexibility index (Phi) is 7.76. The Bertz CT molecular complexity index is 983. The van der Waals surface area contributed by atoms with Crippen molar-refractivity contribution in [1.29, 1.82) is 0 Å². The van der Waals surface area contributed by atoms with Gasteiger partial charge in [0.1, 0.15) is 16.5 Å². The lowest BCUT2D eigenvalue weighted by atomic mass is 10.1. The molecule has 30 heavy (non-hydrogen) atoms. The first-order valence-corrected chi connectivity index (χ1v) is 11.3. The van der Waals surface area contributed by atoms with Crippen molar-refractivity contribution in [2.75, 3.05) is 18.5 Å². The molecule has 0 atom stereocenters. The van der Waals surface area contributed by atoms with E-state index in [0.717, 1.165) is 40.3 Å². The molecule has 2 N–H and O–H groups in total. The maximum atomic E-state index is 12.3. The molecule has 3 aromatic rings. The molecule has 2 aromatic heterocycles. The second-order valence-corrected chi connectivity index (χ2v) is 8.60. The van der Waals surface area contributed by atoms with E-state index in [4.69, 9.17) is 4.74 Å². The Hall–Kier alpha value is -2.51. The van der Waals surface area contributed by atoms with Crippen LogP contribution in [0, 0.1) is 6.92 Å². The van der Waals surface area contributed by atoms with E-state index in [1.807, 2.05) is 45.0 Å². The molecule has 160 valence electrons. The van der Waals surface area contributed by atoms with Gasteiger partial charge in [-0.3, -0.25) is 4.79 Å².